The van der Waals surface area contributed by atoms with Gasteiger partial charge in [-0.1, -0.05) is 42.5 Å². The van der Waals surface area contributed by atoms with Crippen molar-refractivity contribution < 1.29 is 9.53 Å². The maximum absolute atomic E-state index is 11.9. The van der Waals surface area contributed by atoms with Gasteiger partial charge in [0.25, 0.3) is 0 Å². The molecular weight excluding hydrogens is 236 g/mol. The van der Waals surface area contributed by atoms with Gasteiger partial charge in [-0.05, 0) is 30.0 Å². The molecule has 0 radical (unpaired) electrons. The van der Waals surface area contributed by atoms with Crippen LogP contribution < -0.4 is 0 Å². The summed E-state index contributed by atoms with van der Waals surface area (Å²) in [5, 5.41) is 0. The minimum atomic E-state index is -0.234. The molecular formula is C17H12O2. The minimum absolute atomic E-state index is 0.234. The van der Waals surface area contributed by atoms with Gasteiger partial charge >= 0.3 is 5.97 Å². The van der Waals surface area contributed by atoms with Crippen LogP contribution in [0.4, 0.5) is 0 Å². The van der Waals surface area contributed by atoms with E-state index in [1.807, 2.05) is 30.3 Å². The van der Waals surface area contributed by atoms with Gasteiger partial charge in [0.05, 0.1) is 5.56 Å². The zero-order valence-corrected chi connectivity index (χ0v) is 10.3. The van der Waals surface area contributed by atoms with Crippen molar-refractivity contribution >= 4 is 17.3 Å². The van der Waals surface area contributed by atoms with Crippen LogP contribution in [0.1, 0.15) is 33.5 Å². The SMILES string of the molecule is O=C1OC(=C2CCc3ccccc32)c2ccccc21. The van der Waals surface area contributed by atoms with Crippen molar-refractivity contribution in [2.24, 2.45) is 0 Å². The first kappa shape index (κ1) is 10.6. The molecule has 2 aliphatic rings. The number of hydrogen-bond donors (Lipinski definition) is 0. The molecule has 2 aromatic carbocycles. The van der Waals surface area contributed by atoms with Gasteiger partial charge in [0.2, 0.25) is 0 Å². The Kier molecular flexibility index (Phi) is 2.12. The molecule has 19 heavy (non-hydrogen) atoms. The largest absolute Gasteiger partial charge is 0.422 e. The van der Waals surface area contributed by atoms with E-state index in [1.54, 1.807) is 0 Å². The monoisotopic (exact) mass is 248 g/mol. The summed E-state index contributed by atoms with van der Waals surface area (Å²) >= 11 is 0. The first-order valence-corrected chi connectivity index (χ1v) is 6.47. The Labute approximate surface area is 111 Å². The molecule has 1 heterocycles. The van der Waals surface area contributed by atoms with Crippen LogP contribution in [0.3, 0.4) is 0 Å². The van der Waals surface area contributed by atoms with Crippen molar-refractivity contribution in [2.45, 2.75) is 12.8 Å². The quantitative estimate of drug-likeness (QED) is 0.665. The van der Waals surface area contributed by atoms with Gasteiger partial charge in [-0.3, -0.25) is 0 Å². The molecule has 0 fully saturated rings. The number of carbonyl (C=O) groups is 1. The van der Waals surface area contributed by atoms with Crippen LogP contribution >= 0.6 is 0 Å². The molecule has 0 atom stereocenters. The number of ether oxygens (including phenoxy) is 1. The maximum atomic E-state index is 11.9. The lowest BCUT2D eigenvalue weighted by atomic mass is 10.0. The van der Waals surface area contributed by atoms with E-state index in [0.29, 0.717) is 5.56 Å². The second-order valence-electron chi connectivity index (χ2n) is 4.90. The molecule has 0 aromatic heterocycles. The lowest BCUT2D eigenvalue weighted by molar-refractivity contribution is 0.0716. The van der Waals surface area contributed by atoms with Gasteiger partial charge in [-0.15, -0.1) is 0 Å². The van der Waals surface area contributed by atoms with E-state index in [-0.39, 0.29) is 5.97 Å². The molecule has 4 rings (SSSR count). The fourth-order valence-electron chi connectivity index (χ4n) is 2.95. The molecule has 1 aliphatic heterocycles. The Hall–Kier alpha value is -2.35. The number of aryl methyl sites for hydroxylation is 1. The third-order valence-corrected chi connectivity index (χ3v) is 3.85. The Morgan fingerprint density at radius 1 is 0.789 bits per heavy atom. The zero-order valence-electron chi connectivity index (χ0n) is 10.3. The van der Waals surface area contributed by atoms with E-state index >= 15 is 0 Å². The number of cyclic esters (lactones) is 1. The summed E-state index contributed by atoms with van der Waals surface area (Å²) in [6.45, 7) is 0. The van der Waals surface area contributed by atoms with Crippen LogP contribution in [0.15, 0.2) is 48.5 Å². The standard InChI is InChI=1S/C17H12O2/c18-17-15-8-4-3-7-13(15)16(19-17)14-10-9-11-5-1-2-6-12(11)14/h1-8H,9-10H2. The Balaban J connectivity index is 1.96. The van der Waals surface area contributed by atoms with E-state index in [1.165, 1.54) is 11.1 Å². The average molecular weight is 248 g/mol. The second kappa shape index (κ2) is 3.82. The number of allylic oxidation sites excluding steroid dienone is 1. The highest BCUT2D eigenvalue weighted by atomic mass is 16.5. The van der Waals surface area contributed by atoms with Crippen molar-refractivity contribution in [1.82, 2.24) is 0 Å². The third kappa shape index (κ3) is 1.46. The Morgan fingerprint density at radius 3 is 2.32 bits per heavy atom. The predicted octanol–water partition coefficient (Wildman–Crippen LogP) is 3.67. The van der Waals surface area contributed by atoms with Gasteiger partial charge in [0.15, 0.2) is 0 Å². The summed E-state index contributed by atoms with van der Waals surface area (Å²) in [6, 6.07) is 16.0. The molecule has 2 nitrogen and oxygen atoms in total. The second-order valence-corrected chi connectivity index (χ2v) is 4.90. The first-order valence-electron chi connectivity index (χ1n) is 6.47. The maximum Gasteiger partial charge on any atom is 0.344 e. The van der Waals surface area contributed by atoms with E-state index < -0.39 is 0 Å². The van der Waals surface area contributed by atoms with Gasteiger partial charge in [0, 0.05) is 11.1 Å². The molecule has 0 N–H and O–H groups in total. The van der Waals surface area contributed by atoms with Crippen LogP contribution in [0.5, 0.6) is 0 Å². The van der Waals surface area contributed by atoms with Crippen molar-refractivity contribution in [1.29, 1.82) is 0 Å². The van der Waals surface area contributed by atoms with Gasteiger partial charge in [-0.2, -0.15) is 0 Å². The lowest BCUT2D eigenvalue weighted by Crippen LogP contribution is -1.93. The molecule has 0 saturated carbocycles. The highest BCUT2D eigenvalue weighted by molar-refractivity contribution is 6.08. The molecule has 2 heteroatoms. The van der Waals surface area contributed by atoms with E-state index in [9.17, 15) is 4.79 Å². The van der Waals surface area contributed by atoms with E-state index in [0.717, 1.165) is 29.7 Å². The van der Waals surface area contributed by atoms with Crippen LogP contribution in [-0.4, -0.2) is 5.97 Å². The summed E-state index contributed by atoms with van der Waals surface area (Å²) in [7, 11) is 0. The number of fused-ring (bicyclic) bond motifs is 2. The van der Waals surface area contributed by atoms with Gasteiger partial charge < -0.3 is 4.74 Å². The summed E-state index contributed by atoms with van der Waals surface area (Å²) in [5.41, 5.74) is 5.33. The van der Waals surface area contributed by atoms with Gasteiger partial charge in [-0.25, -0.2) is 4.79 Å². The van der Waals surface area contributed by atoms with Crippen LogP contribution in [-0.2, 0) is 11.2 Å². The summed E-state index contributed by atoms with van der Waals surface area (Å²) in [6.07, 6.45) is 1.96. The molecule has 0 saturated heterocycles. The van der Waals surface area contributed by atoms with Crippen molar-refractivity contribution in [3.8, 4) is 0 Å². The average Bonchev–Trinajstić information content (AvgIpc) is 3.01. The highest BCUT2D eigenvalue weighted by Crippen LogP contribution is 2.41. The highest BCUT2D eigenvalue weighted by Gasteiger charge is 2.31. The normalized spacial score (nSPS) is 20.1. The number of rotatable bonds is 0. The molecule has 0 spiro atoms. The summed E-state index contributed by atoms with van der Waals surface area (Å²) < 4.78 is 5.51. The Morgan fingerprint density at radius 2 is 1.47 bits per heavy atom. The first-order chi connectivity index (χ1) is 9.34. The summed E-state index contributed by atoms with van der Waals surface area (Å²) in [4.78, 5) is 11.9. The topological polar surface area (TPSA) is 26.3 Å². The van der Waals surface area contributed by atoms with Crippen molar-refractivity contribution in [2.75, 3.05) is 0 Å². The van der Waals surface area contributed by atoms with Crippen molar-refractivity contribution in [3.63, 3.8) is 0 Å². The predicted molar refractivity (Wildman–Crippen MR) is 73.4 cm³/mol. The number of benzene rings is 2. The molecule has 2 aromatic rings. The smallest absolute Gasteiger partial charge is 0.344 e. The van der Waals surface area contributed by atoms with Crippen LogP contribution in [0, 0.1) is 0 Å². The summed E-state index contributed by atoms with van der Waals surface area (Å²) in [5.74, 6) is 0.521. The van der Waals surface area contributed by atoms with Crippen LogP contribution in [0.2, 0.25) is 0 Å². The fourth-order valence-corrected chi connectivity index (χ4v) is 2.95. The minimum Gasteiger partial charge on any atom is -0.422 e. The van der Waals surface area contributed by atoms with Crippen molar-refractivity contribution in [3.05, 3.63) is 70.8 Å². The van der Waals surface area contributed by atoms with Gasteiger partial charge in [0.1, 0.15) is 5.76 Å². The number of hydrogen-bond acceptors (Lipinski definition) is 2. The molecule has 0 unspecified atom stereocenters. The fraction of sp³-hybridized carbons (Fsp3) is 0.118. The lowest BCUT2D eigenvalue weighted by Gasteiger charge is -2.05. The number of carbonyl (C=O) groups excluding carboxylic acids is 1. The molecule has 1 aliphatic carbocycles. The van der Waals surface area contributed by atoms with E-state index in [4.69, 9.17) is 4.74 Å². The van der Waals surface area contributed by atoms with E-state index in [2.05, 4.69) is 18.2 Å². The number of esters is 1. The molecule has 92 valence electrons. The third-order valence-electron chi connectivity index (χ3n) is 3.85. The Bertz CT molecular complexity index is 726. The molecule has 0 bridgehead atoms. The molecule has 0 amide bonds. The van der Waals surface area contributed by atoms with Crippen LogP contribution in [0.25, 0.3) is 11.3 Å². The zero-order chi connectivity index (χ0) is 12.8.